The fourth-order valence-electron chi connectivity index (χ4n) is 4.08. The maximum atomic E-state index is 2.97. The number of rotatable bonds is 0. The first-order valence-corrected chi connectivity index (χ1v) is 13.4. The van der Waals surface area contributed by atoms with Gasteiger partial charge in [-0.15, -0.1) is 93.9 Å². The molecule has 0 nitrogen and oxygen atoms in total. The van der Waals surface area contributed by atoms with E-state index in [1.165, 1.54) is 43.8 Å². The Morgan fingerprint density at radius 2 is 0.912 bits per heavy atom. The standard InChI is InChI=1S/2C14H17.2CH3.2ClH.Si.Ti/c2*1-10-8-11-6-5-7-13(12(11)9-10)14(2,3)4;;;;;;/h2*5-9H,1-4H3;2*1H3;2*1H;;/q4*-1;;;;. The van der Waals surface area contributed by atoms with Crippen molar-refractivity contribution >= 4 is 54.0 Å². The minimum absolute atomic E-state index is 0. The average molecular weight is 550 g/mol. The molecule has 0 heterocycles. The van der Waals surface area contributed by atoms with Crippen molar-refractivity contribution in [1.82, 2.24) is 0 Å². The second-order valence-corrected chi connectivity index (χ2v) is 10.2. The molecule has 188 valence electrons. The monoisotopic (exact) mass is 548 g/mol. The normalized spacial score (nSPS) is 10.2. The molecule has 0 aliphatic rings. The van der Waals surface area contributed by atoms with Crippen LogP contribution < -0.4 is 0 Å². The zero-order valence-electron chi connectivity index (χ0n) is 22.6. The average Bonchev–Trinajstić information content (AvgIpc) is 3.21. The molecular weight excluding hydrogens is 507 g/mol. The Morgan fingerprint density at radius 1 is 0.618 bits per heavy atom. The first-order valence-electron chi connectivity index (χ1n) is 10.5. The van der Waals surface area contributed by atoms with Crippen molar-refractivity contribution in [2.24, 2.45) is 0 Å². The summed E-state index contributed by atoms with van der Waals surface area (Å²) < 4.78 is 0. The van der Waals surface area contributed by atoms with E-state index < -0.39 is 0 Å². The predicted molar refractivity (Wildman–Crippen MR) is 159 cm³/mol. The maximum absolute atomic E-state index is 2.97. The van der Waals surface area contributed by atoms with Crippen LogP contribution in [0.5, 0.6) is 0 Å². The zero-order chi connectivity index (χ0) is 22.7. The van der Waals surface area contributed by atoms with Crippen molar-refractivity contribution in [2.75, 3.05) is 0 Å². The summed E-state index contributed by atoms with van der Waals surface area (Å²) in [6.45, 7) is 17.9. The molecule has 2 radical (unpaired) electrons. The summed E-state index contributed by atoms with van der Waals surface area (Å²) >= 11 is 1.81. The summed E-state index contributed by atoms with van der Waals surface area (Å²) in [5.74, 6) is 0. The van der Waals surface area contributed by atoms with Gasteiger partial charge in [0, 0.05) is 0 Å². The third kappa shape index (κ3) is 9.32. The molecule has 0 spiro atoms. The summed E-state index contributed by atoms with van der Waals surface area (Å²) in [5.41, 5.74) is 6.08. The molecule has 0 N–H and O–H groups in total. The van der Waals surface area contributed by atoms with Crippen molar-refractivity contribution in [3.8, 4) is 0 Å². The van der Waals surface area contributed by atoms with Crippen molar-refractivity contribution in [2.45, 2.75) is 66.2 Å². The molecule has 0 bridgehead atoms. The van der Waals surface area contributed by atoms with Gasteiger partial charge in [0.25, 0.3) is 0 Å². The van der Waals surface area contributed by atoms with Crippen molar-refractivity contribution < 1.29 is 19.2 Å². The fraction of sp³-hybridized carbons (Fsp3) is 0.333. The van der Waals surface area contributed by atoms with E-state index in [0.717, 1.165) is 0 Å². The van der Waals surface area contributed by atoms with E-state index in [2.05, 4.69) is 124 Å². The van der Waals surface area contributed by atoms with Gasteiger partial charge in [0.2, 0.25) is 0 Å². The van der Waals surface area contributed by atoms with E-state index in [9.17, 15) is 0 Å². The van der Waals surface area contributed by atoms with Crippen LogP contribution >= 0.6 is 24.8 Å². The molecule has 0 aliphatic heterocycles. The molecule has 0 aromatic heterocycles. The Kier molecular flexibility index (Phi) is 17.0. The van der Waals surface area contributed by atoms with Crippen LogP contribution in [0.3, 0.4) is 0 Å². The predicted octanol–water partition coefficient (Wildman–Crippen LogP) is 9.69. The summed E-state index contributed by atoms with van der Waals surface area (Å²) in [4.78, 5) is 0. The second kappa shape index (κ2) is 15.3. The Labute approximate surface area is 235 Å². The van der Waals surface area contributed by atoms with Crippen LogP contribution in [-0.4, -0.2) is 7.63 Å². The second-order valence-electron chi connectivity index (χ2n) is 10.2. The van der Waals surface area contributed by atoms with Crippen molar-refractivity contribution in [3.05, 3.63) is 97.8 Å². The zero-order valence-corrected chi connectivity index (χ0v) is 26.8. The third-order valence-electron chi connectivity index (χ3n) is 5.41. The van der Waals surface area contributed by atoms with Crippen LogP contribution in [0, 0.1) is 28.7 Å². The van der Waals surface area contributed by atoms with Gasteiger partial charge in [-0.3, -0.25) is 0 Å². The molecule has 34 heavy (non-hydrogen) atoms. The first-order chi connectivity index (χ1) is 14.0. The number of hydrogen-bond acceptors (Lipinski definition) is 0. The van der Waals surface area contributed by atoms with Crippen LogP contribution in [0.15, 0.2) is 60.7 Å². The fourth-order valence-corrected chi connectivity index (χ4v) is 4.08. The van der Waals surface area contributed by atoms with Crippen LogP contribution in [0.4, 0.5) is 0 Å². The van der Waals surface area contributed by atoms with Crippen molar-refractivity contribution in [3.63, 3.8) is 0 Å². The Hall–Kier alpha value is -0.829. The molecule has 4 aromatic carbocycles. The molecule has 0 saturated carbocycles. The number of halogens is 2. The van der Waals surface area contributed by atoms with E-state index in [1.807, 2.05) is 0 Å². The molecule has 0 aliphatic carbocycles. The molecule has 4 rings (SSSR count). The number of hydrogen-bond donors (Lipinski definition) is 0. The Balaban J connectivity index is -0.000000475. The van der Waals surface area contributed by atoms with E-state index in [-0.39, 0.29) is 50.5 Å². The third-order valence-corrected chi connectivity index (χ3v) is 5.41. The molecule has 0 atom stereocenters. The molecule has 0 saturated heterocycles. The van der Waals surface area contributed by atoms with E-state index >= 15 is 0 Å². The number of aryl methyl sites for hydroxylation is 2. The van der Waals surface area contributed by atoms with Crippen molar-refractivity contribution in [1.29, 1.82) is 0 Å². The topological polar surface area (TPSA) is 0 Å². The van der Waals surface area contributed by atoms with Crippen LogP contribution in [0.25, 0.3) is 21.5 Å². The number of benzene rings is 2. The summed E-state index contributed by atoms with van der Waals surface area (Å²) in [5, 5.41) is 5.57. The van der Waals surface area contributed by atoms with Gasteiger partial charge in [-0.05, 0) is 10.8 Å². The van der Waals surface area contributed by atoms with Gasteiger partial charge in [0.1, 0.15) is 0 Å². The van der Waals surface area contributed by atoms with Gasteiger partial charge in [-0.1, -0.05) is 78.6 Å². The summed E-state index contributed by atoms with van der Waals surface area (Å²) in [6, 6.07) is 22.3. The summed E-state index contributed by atoms with van der Waals surface area (Å²) in [7, 11) is 2.97. The molecule has 0 fully saturated rings. The first kappa shape index (κ1) is 37.7. The van der Waals surface area contributed by atoms with Gasteiger partial charge < -0.3 is 14.9 Å². The minimum atomic E-state index is 0. The van der Waals surface area contributed by atoms with E-state index in [0.29, 0.717) is 0 Å². The number of fused-ring (bicyclic) bond motifs is 2. The van der Waals surface area contributed by atoms with Gasteiger partial charge in [0.15, 0.2) is 0 Å². The Bertz CT molecular complexity index is 1030. The molecule has 0 unspecified atom stereocenters. The van der Waals surface area contributed by atoms with Crippen LogP contribution in [-0.2, 0) is 30.0 Å². The quantitative estimate of drug-likeness (QED) is 0.151. The van der Waals surface area contributed by atoms with Gasteiger partial charge >= 0.3 is 26.8 Å². The summed E-state index contributed by atoms with van der Waals surface area (Å²) in [6.07, 6.45) is 0. The Morgan fingerprint density at radius 3 is 1.18 bits per heavy atom. The molecule has 0 amide bonds. The SMILES string of the molecule is Cc1cc2c(C(C)(C)C)cccc2[cH-]1.Cc1cc2c(C(C)(C)C)cccc2[cH-]1.Cl.Cl.[CH3-].[CH3-].[Si]=[Ti]. The van der Waals surface area contributed by atoms with Crippen LogP contribution in [0.1, 0.15) is 63.8 Å². The van der Waals surface area contributed by atoms with E-state index in [1.54, 1.807) is 19.2 Å². The van der Waals surface area contributed by atoms with Crippen LogP contribution in [0.2, 0.25) is 0 Å². The molecule has 4 aromatic rings. The van der Waals surface area contributed by atoms with Gasteiger partial charge in [0.05, 0.1) is 0 Å². The van der Waals surface area contributed by atoms with Gasteiger partial charge in [-0.2, -0.15) is 12.1 Å². The molecule has 4 heteroatoms. The van der Waals surface area contributed by atoms with E-state index in [4.69, 9.17) is 0 Å². The van der Waals surface area contributed by atoms with Gasteiger partial charge in [-0.25, -0.2) is 0 Å². The molecular formula is C30H42Cl2SiTi-4.